The minimum Gasteiger partial charge on any atom is -0.492 e. The summed E-state index contributed by atoms with van der Waals surface area (Å²) in [6.07, 6.45) is 1.03. The number of hydrogen-bond acceptors (Lipinski definition) is 6. The number of hydrogen-bond donors (Lipinski definition) is 1. The summed E-state index contributed by atoms with van der Waals surface area (Å²) in [5, 5.41) is 9.12. The van der Waals surface area contributed by atoms with E-state index in [0.29, 0.717) is 37.6 Å². The van der Waals surface area contributed by atoms with Crippen LogP contribution in [-0.2, 0) is 21.2 Å². The van der Waals surface area contributed by atoms with E-state index in [1.54, 1.807) is 0 Å². The first-order valence-corrected chi connectivity index (χ1v) is 15.5. The molecule has 1 saturated heterocycles. The zero-order valence-electron chi connectivity index (χ0n) is 23.5. The summed E-state index contributed by atoms with van der Waals surface area (Å²) in [5.41, 5.74) is 8.66. The van der Waals surface area contributed by atoms with E-state index < -0.39 is 15.8 Å². The monoisotopic (exact) mass is 564 g/mol. The van der Waals surface area contributed by atoms with Gasteiger partial charge in [-0.25, -0.2) is 8.42 Å². The third kappa shape index (κ3) is 5.82. The third-order valence-electron chi connectivity index (χ3n) is 8.25. The van der Waals surface area contributed by atoms with Gasteiger partial charge in [0, 0.05) is 17.5 Å². The lowest BCUT2D eigenvalue weighted by atomic mass is 9.88. The first-order valence-electron chi connectivity index (χ1n) is 13.7. The highest BCUT2D eigenvalue weighted by atomic mass is 32.2. The van der Waals surface area contributed by atoms with Crippen molar-refractivity contribution in [2.24, 2.45) is 0 Å². The lowest BCUT2D eigenvalue weighted by molar-refractivity contribution is -0.137. The molecule has 1 N–H and O–H groups in total. The van der Waals surface area contributed by atoms with E-state index in [4.69, 9.17) is 19.3 Å². The first-order chi connectivity index (χ1) is 19.0. The van der Waals surface area contributed by atoms with E-state index in [0.717, 1.165) is 44.7 Å². The summed E-state index contributed by atoms with van der Waals surface area (Å²) >= 11 is 0. The van der Waals surface area contributed by atoms with Crippen LogP contribution in [0.3, 0.4) is 0 Å². The van der Waals surface area contributed by atoms with Crippen LogP contribution in [0.4, 0.5) is 0 Å². The zero-order chi connectivity index (χ0) is 28.6. The molecule has 0 radical (unpaired) electrons. The SMILES string of the molecule is Cc1c(C)c(-c2cccc(COc3ccc4c(c3)OC[C@H]4CC(=O)O)c2)c(C)c(C)c1OC1CCS(=O)(=O)CC1. The summed E-state index contributed by atoms with van der Waals surface area (Å²) in [7, 11) is -2.94. The van der Waals surface area contributed by atoms with Gasteiger partial charge in [0.1, 0.15) is 30.0 Å². The van der Waals surface area contributed by atoms with Crippen molar-refractivity contribution in [3.8, 4) is 28.4 Å². The van der Waals surface area contributed by atoms with Crippen LogP contribution in [0.5, 0.6) is 17.2 Å². The Bertz CT molecular complexity index is 1510. The largest absolute Gasteiger partial charge is 0.492 e. The van der Waals surface area contributed by atoms with Crippen molar-refractivity contribution in [3.05, 3.63) is 75.8 Å². The highest BCUT2D eigenvalue weighted by Gasteiger charge is 2.28. The average molecular weight is 565 g/mol. The second-order valence-corrected chi connectivity index (χ2v) is 13.3. The minimum absolute atomic E-state index is 0.0514. The van der Waals surface area contributed by atoms with Gasteiger partial charge in [0.2, 0.25) is 0 Å². The molecule has 0 spiro atoms. The van der Waals surface area contributed by atoms with Crippen molar-refractivity contribution >= 4 is 15.8 Å². The molecular weight excluding hydrogens is 528 g/mol. The van der Waals surface area contributed by atoms with Gasteiger partial charge in [0.25, 0.3) is 0 Å². The van der Waals surface area contributed by atoms with E-state index in [-0.39, 0.29) is 29.9 Å². The Morgan fingerprint density at radius 1 is 0.975 bits per heavy atom. The number of carboxylic acids is 1. The van der Waals surface area contributed by atoms with Crippen LogP contribution in [0.15, 0.2) is 42.5 Å². The van der Waals surface area contributed by atoms with Crippen LogP contribution in [0, 0.1) is 27.7 Å². The Morgan fingerprint density at radius 3 is 2.35 bits per heavy atom. The predicted molar refractivity (Wildman–Crippen MR) is 154 cm³/mol. The molecule has 2 aliphatic rings. The van der Waals surface area contributed by atoms with Crippen LogP contribution < -0.4 is 14.2 Å². The maximum Gasteiger partial charge on any atom is 0.304 e. The lowest BCUT2D eigenvalue weighted by Crippen LogP contribution is -2.31. The van der Waals surface area contributed by atoms with Gasteiger partial charge in [-0.2, -0.15) is 0 Å². The average Bonchev–Trinajstić information content (AvgIpc) is 3.31. The molecular formula is C32H36O7S. The molecule has 8 heteroatoms. The minimum atomic E-state index is -2.94. The molecule has 0 amide bonds. The van der Waals surface area contributed by atoms with Crippen molar-refractivity contribution in [1.82, 2.24) is 0 Å². The quantitative estimate of drug-likeness (QED) is 0.354. The molecule has 7 nitrogen and oxygen atoms in total. The van der Waals surface area contributed by atoms with Crippen molar-refractivity contribution in [2.75, 3.05) is 18.1 Å². The highest BCUT2D eigenvalue weighted by molar-refractivity contribution is 7.91. The molecule has 2 heterocycles. The molecule has 2 aliphatic heterocycles. The van der Waals surface area contributed by atoms with Crippen molar-refractivity contribution in [1.29, 1.82) is 0 Å². The molecule has 0 saturated carbocycles. The second kappa shape index (κ2) is 11.2. The van der Waals surface area contributed by atoms with Crippen LogP contribution >= 0.6 is 0 Å². The number of fused-ring (bicyclic) bond motifs is 1. The smallest absolute Gasteiger partial charge is 0.304 e. The fourth-order valence-electron chi connectivity index (χ4n) is 5.75. The standard InChI is InChI=1S/C32H36O7S/c1-19-21(3)32(39-26-10-12-40(35,36)13-11-26)22(4)20(2)31(19)24-7-5-6-23(14-24)17-37-27-8-9-28-25(15-30(33)34)18-38-29(28)16-27/h5-9,14,16,25-26H,10-13,15,17-18H2,1-4H3,(H,33,34)/t25-/m1/s1. The summed E-state index contributed by atoms with van der Waals surface area (Å²) in [5.74, 6) is 1.64. The van der Waals surface area contributed by atoms with Crippen LogP contribution in [0.25, 0.3) is 11.1 Å². The first kappa shape index (κ1) is 28.0. The maximum absolute atomic E-state index is 11.8. The van der Waals surface area contributed by atoms with Gasteiger partial charge in [-0.3, -0.25) is 4.79 Å². The number of rotatable bonds is 8. The van der Waals surface area contributed by atoms with Crippen LogP contribution in [0.2, 0.25) is 0 Å². The molecule has 0 unspecified atom stereocenters. The van der Waals surface area contributed by atoms with Gasteiger partial charge >= 0.3 is 5.97 Å². The Morgan fingerprint density at radius 2 is 1.68 bits per heavy atom. The molecule has 1 atom stereocenters. The number of sulfone groups is 1. The van der Waals surface area contributed by atoms with Gasteiger partial charge in [-0.05, 0) is 91.6 Å². The van der Waals surface area contributed by atoms with Crippen LogP contribution in [0.1, 0.15) is 58.6 Å². The number of carboxylic acid groups (broad SMARTS) is 1. The van der Waals surface area contributed by atoms with Crippen molar-refractivity contribution < 1.29 is 32.5 Å². The highest BCUT2D eigenvalue weighted by Crippen LogP contribution is 2.40. The fourth-order valence-corrected chi connectivity index (χ4v) is 7.20. The third-order valence-corrected chi connectivity index (χ3v) is 9.96. The van der Waals surface area contributed by atoms with Gasteiger partial charge in [0.15, 0.2) is 9.84 Å². The topological polar surface area (TPSA) is 99.1 Å². The number of carbonyl (C=O) groups is 1. The summed E-state index contributed by atoms with van der Waals surface area (Å²) < 4.78 is 41.9. The van der Waals surface area contributed by atoms with Gasteiger partial charge < -0.3 is 19.3 Å². The summed E-state index contributed by atoms with van der Waals surface area (Å²) in [6, 6.07) is 13.9. The normalized spacial score (nSPS) is 18.1. The zero-order valence-corrected chi connectivity index (χ0v) is 24.3. The second-order valence-electron chi connectivity index (χ2n) is 11.0. The van der Waals surface area contributed by atoms with E-state index in [1.165, 1.54) is 5.56 Å². The molecule has 0 aliphatic carbocycles. The van der Waals surface area contributed by atoms with Crippen molar-refractivity contribution in [2.45, 2.75) is 65.6 Å². The Hall–Kier alpha value is -3.52. The molecule has 1 fully saturated rings. The van der Waals surface area contributed by atoms with Gasteiger partial charge in [0.05, 0.1) is 24.5 Å². The summed E-state index contributed by atoms with van der Waals surface area (Å²) in [4.78, 5) is 11.1. The van der Waals surface area contributed by atoms with Crippen LogP contribution in [-0.4, -0.2) is 43.7 Å². The molecule has 3 aromatic rings. The van der Waals surface area contributed by atoms with Gasteiger partial charge in [-0.15, -0.1) is 0 Å². The number of benzene rings is 3. The van der Waals surface area contributed by atoms with E-state index in [9.17, 15) is 13.2 Å². The molecule has 40 heavy (non-hydrogen) atoms. The lowest BCUT2D eigenvalue weighted by Gasteiger charge is -2.27. The maximum atomic E-state index is 11.8. The Balaban J connectivity index is 1.33. The predicted octanol–water partition coefficient (Wildman–Crippen LogP) is 6.07. The van der Waals surface area contributed by atoms with E-state index >= 15 is 0 Å². The number of ether oxygens (including phenoxy) is 3. The summed E-state index contributed by atoms with van der Waals surface area (Å²) in [6.45, 7) is 9.12. The van der Waals surface area contributed by atoms with Crippen molar-refractivity contribution in [3.63, 3.8) is 0 Å². The fraction of sp³-hybridized carbons (Fsp3) is 0.406. The van der Waals surface area contributed by atoms with E-state index in [2.05, 4.69) is 39.8 Å². The van der Waals surface area contributed by atoms with Gasteiger partial charge in [-0.1, -0.05) is 24.3 Å². The molecule has 0 aromatic heterocycles. The Labute approximate surface area is 236 Å². The Kier molecular flexibility index (Phi) is 7.82. The molecule has 212 valence electrons. The van der Waals surface area contributed by atoms with E-state index in [1.807, 2.05) is 30.3 Å². The molecule has 5 rings (SSSR count). The molecule has 0 bridgehead atoms. The number of aliphatic carboxylic acids is 1. The molecule has 3 aromatic carbocycles.